The van der Waals surface area contributed by atoms with Crippen LogP contribution in [0.5, 0.6) is 0 Å². The Morgan fingerprint density at radius 2 is 1.95 bits per heavy atom. The van der Waals surface area contributed by atoms with Crippen molar-refractivity contribution >= 4 is 28.7 Å². The lowest BCUT2D eigenvalue weighted by molar-refractivity contribution is 0.0697. The Hall–Kier alpha value is -2.69. The summed E-state index contributed by atoms with van der Waals surface area (Å²) in [7, 11) is 3.93. The zero-order chi connectivity index (χ0) is 14.7. The van der Waals surface area contributed by atoms with Crippen molar-refractivity contribution in [1.82, 2.24) is 0 Å². The maximum Gasteiger partial charge on any atom is 0.335 e. The molecule has 0 amide bonds. The Balaban J connectivity index is 2.26. The van der Waals surface area contributed by atoms with Crippen LogP contribution in [-0.4, -0.2) is 25.2 Å². The van der Waals surface area contributed by atoms with Crippen LogP contribution in [0, 0.1) is 0 Å². The quantitative estimate of drug-likeness (QED) is 0.745. The van der Waals surface area contributed by atoms with Gasteiger partial charge in [0.15, 0.2) is 0 Å². The van der Waals surface area contributed by atoms with E-state index in [1.54, 1.807) is 6.07 Å². The van der Waals surface area contributed by atoms with Crippen LogP contribution in [-0.2, 0) is 0 Å². The number of nitrogens with zero attached hydrogens (tertiary/aromatic N) is 1. The molecule has 2 aromatic rings. The SMILES string of the molecule is CN(C)c1cccc(Nc2ccc(C(=O)O)cc2N)c1. The van der Waals surface area contributed by atoms with Crippen LogP contribution in [0.1, 0.15) is 10.4 Å². The monoisotopic (exact) mass is 271 g/mol. The topological polar surface area (TPSA) is 78.6 Å². The highest BCUT2D eigenvalue weighted by atomic mass is 16.4. The maximum atomic E-state index is 10.9. The van der Waals surface area contributed by atoms with Gasteiger partial charge in [-0.25, -0.2) is 4.79 Å². The number of carbonyl (C=O) groups is 1. The van der Waals surface area contributed by atoms with E-state index in [0.29, 0.717) is 11.4 Å². The summed E-state index contributed by atoms with van der Waals surface area (Å²) in [6, 6.07) is 12.5. The number of nitrogen functional groups attached to an aromatic ring is 1. The Morgan fingerprint density at radius 3 is 2.55 bits per heavy atom. The molecule has 0 aliphatic heterocycles. The molecule has 0 saturated heterocycles. The molecule has 0 fully saturated rings. The Morgan fingerprint density at radius 1 is 1.20 bits per heavy atom. The van der Waals surface area contributed by atoms with E-state index < -0.39 is 5.97 Å². The van der Waals surface area contributed by atoms with Crippen LogP contribution in [0.3, 0.4) is 0 Å². The smallest absolute Gasteiger partial charge is 0.335 e. The van der Waals surface area contributed by atoms with Crippen molar-refractivity contribution in [3.8, 4) is 0 Å². The van der Waals surface area contributed by atoms with E-state index >= 15 is 0 Å². The van der Waals surface area contributed by atoms with E-state index in [-0.39, 0.29) is 5.56 Å². The molecule has 4 N–H and O–H groups in total. The van der Waals surface area contributed by atoms with E-state index in [9.17, 15) is 4.79 Å². The fourth-order valence-corrected chi connectivity index (χ4v) is 1.83. The van der Waals surface area contributed by atoms with Crippen LogP contribution < -0.4 is 16.0 Å². The molecule has 0 spiro atoms. The van der Waals surface area contributed by atoms with Crippen molar-refractivity contribution in [2.75, 3.05) is 30.0 Å². The first-order chi connectivity index (χ1) is 9.47. The van der Waals surface area contributed by atoms with Gasteiger partial charge in [-0.15, -0.1) is 0 Å². The molecule has 0 aliphatic rings. The van der Waals surface area contributed by atoms with E-state index in [2.05, 4.69) is 5.32 Å². The zero-order valence-corrected chi connectivity index (χ0v) is 11.4. The van der Waals surface area contributed by atoms with Crippen molar-refractivity contribution < 1.29 is 9.90 Å². The summed E-state index contributed by atoms with van der Waals surface area (Å²) >= 11 is 0. The molecule has 0 heterocycles. The average Bonchev–Trinajstić information content (AvgIpc) is 2.41. The van der Waals surface area contributed by atoms with Crippen LogP contribution >= 0.6 is 0 Å². The minimum Gasteiger partial charge on any atom is -0.478 e. The van der Waals surface area contributed by atoms with Crippen LogP contribution in [0.25, 0.3) is 0 Å². The molecule has 0 aromatic heterocycles. The van der Waals surface area contributed by atoms with Crippen molar-refractivity contribution in [3.05, 3.63) is 48.0 Å². The van der Waals surface area contributed by atoms with Crippen LogP contribution in [0.4, 0.5) is 22.7 Å². The molecule has 20 heavy (non-hydrogen) atoms. The summed E-state index contributed by atoms with van der Waals surface area (Å²) in [6.45, 7) is 0. The lowest BCUT2D eigenvalue weighted by Gasteiger charge is -2.15. The number of benzene rings is 2. The lowest BCUT2D eigenvalue weighted by atomic mass is 10.1. The van der Waals surface area contributed by atoms with Gasteiger partial charge in [0.2, 0.25) is 0 Å². The molecule has 2 rings (SSSR count). The van der Waals surface area contributed by atoms with Crippen molar-refractivity contribution in [2.45, 2.75) is 0 Å². The summed E-state index contributed by atoms with van der Waals surface area (Å²) in [5.74, 6) is -0.988. The first kappa shape index (κ1) is 13.7. The van der Waals surface area contributed by atoms with Gasteiger partial charge in [0, 0.05) is 25.5 Å². The minimum absolute atomic E-state index is 0.176. The Labute approximate surface area is 117 Å². The highest BCUT2D eigenvalue weighted by Crippen LogP contribution is 2.26. The van der Waals surface area contributed by atoms with Gasteiger partial charge in [-0.3, -0.25) is 0 Å². The molecule has 0 radical (unpaired) electrons. The van der Waals surface area contributed by atoms with E-state index in [1.165, 1.54) is 12.1 Å². The Kier molecular flexibility index (Phi) is 3.79. The van der Waals surface area contributed by atoms with Crippen molar-refractivity contribution in [3.63, 3.8) is 0 Å². The van der Waals surface area contributed by atoms with Gasteiger partial charge < -0.3 is 21.1 Å². The van der Waals surface area contributed by atoms with Crippen LogP contribution in [0.15, 0.2) is 42.5 Å². The Bertz CT molecular complexity index is 639. The number of nitrogens with one attached hydrogen (secondary N) is 1. The predicted octanol–water partition coefficient (Wildman–Crippen LogP) is 2.78. The zero-order valence-electron chi connectivity index (χ0n) is 11.4. The molecular weight excluding hydrogens is 254 g/mol. The van der Waals surface area contributed by atoms with Gasteiger partial charge in [0.1, 0.15) is 0 Å². The number of hydrogen-bond acceptors (Lipinski definition) is 4. The number of anilines is 4. The summed E-state index contributed by atoms with van der Waals surface area (Å²) in [6.07, 6.45) is 0. The lowest BCUT2D eigenvalue weighted by Crippen LogP contribution is -2.08. The van der Waals surface area contributed by atoms with Crippen molar-refractivity contribution in [2.24, 2.45) is 0 Å². The number of hydrogen-bond donors (Lipinski definition) is 3. The normalized spacial score (nSPS) is 10.1. The predicted molar refractivity (Wildman–Crippen MR) is 81.9 cm³/mol. The van der Waals surface area contributed by atoms with Gasteiger partial charge in [-0.2, -0.15) is 0 Å². The molecule has 0 saturated carbocycles. The molecule has 5 nitrogen and oxygen atoms in total. The molecule has 0 atom stereocenters. The third-order valence-electron chi connectivity index (χ3n) is 2.94. The van der Waals surface area contributed by atoms with Gasteiger partial charge in [-0.05, 0) is 36.4 Å². The second-order valence-electron chi connectivity index (χ2n) is 4.68. The summed E-state index contributed by atoms with van der Waals surface area (Å²) in [5.41, 5.74) is 9.09. The number of aromatic carboxylic acids is 1. The van der Waals surface area contributed by atoms with Gasteiger partial charge >= 0.3 is 5.97 Å². The van der Waals surface area contributed by atoms with Gasteiger partial charge in [-0.1, -0.05) is 6.07 Å². The first-order valence-corrected chi connectivity index (χ1v) is 6.14. The fourth-order valence-electron chi connectivity index (χ4n) is 1.83. The van der Waals surface area contributed by atoms with Gasteiger partial charge in [0.05, 0.1) is 16.9 Å². The second kappa shape index (κ2) is 5.52. The summed E-state index contributed by atoms with van der Waals surface area (Å²) in [4.78, 5) is 12.9. The molecular formula is C15H17N3O2. The standard InChI is InChI=1S/C15H17N3O2/c1-18(2)12-5-3-4-11(9-12)17-14-7-6-10(15(19)20)8-13(14)16/h3-9,17H,16H2,1-2H3,(H,19,20). The second-order valence-corrected chi connectivity index (χ2v) is 4.68. The van der Waals surface area contributed by atoms with Crippen LogP contribution in [0.2, 0.25) is 0 Å². The maximum absolute atomic E-state index is 10.9. The van der Waals surface area contributed by atoms with E-state index in [4.69, 9.17) is 10.8 Å². The third-order valence-corrected chi connectivity index (χ3v) is 2.94. The van der Waals surface area contributed by atoms with E-state index in [1.807, 2.05) is 43.3 Å². The molecule has 0 unspecified atom stereocenters. The molecule has 104 valence electrons. The average molecular weight is 271 g/mol. The van der Waals surface area contributed by atoms with Gasteiger partial charge in [0.25, 0.3) is 0 Å². The first-order valence-electron chi connectivity index (χ1n) is 6.14. The number of nitrogens with two attached hydrogens (primary N) is 1. The molecule has 0 bridgehead atoms. The third kappa shape index (κ3) is 3.00. The number of rotatable bonds is 4. The minimum atomic E-state index is -0.988. The summed E-state index contributed by atoms with van der Waals surface area (Å²) < 4.78 is 0. The number of carboxylic acids is 1. The van der Waals surface area contributed by atoms with Crippen molar-refractivity contribution in [1.29, 1.82) is 0 Å². The highest BCUT2D eigenvalue weighted by Gasteiger charge is 2.07. The summed E-state index contributed by atoms with van der Waals surface area (Å²) in [5, 5.41) is 12.1. The molecule has 5 heteroatoms. The van der Waals surface area contributed by atoms with E-state index in [0.717, 1.165) is 11.4 Å². The highest BCUT2D eigenvalue weighted by molar-refractivity contribution is 5.90. The largest absolute Gasteiger partial charge is 0.478 e. The number of carboxylic acid groups (broad SMARTS) is 1. The fraction of sp³-hybridized carbons (Fsp3) is 0.133. The molecule has 2 aromatic carbocycles. The molecule has 0 aliphatic carbocycles.